The fourth-order valence-corrected chi connectivity index (χ4v) is 6.76. The van der Waals surface area contributed by atoms with Gasteiger partial charge >= 0.3 is 0 Å². The lowest BCUT2D eigenvalue weighted by molar-refractivity contribution is -0.143. The average molecular weight is 466 g/mol. The summed E-state index contributed by atoms with van der Waals surface area (Å²) in [5, 5.41) is 2.18. The minimum absolute atomic E-state index is 0.138. The average Bonchev–Trinajstić information content (AvgIpc) is 3.34. The molecule has 176 valence electrons. The summed E-state index contributed by atoms with van der Waals surface area (Å²) < 4.78 is 0. The van der Waals surface area contributed by atoms with E-state index in [1.165, 1.54) is 40.8 Å². The first-order valence-electron chi connectivity index (χ1n) is 12.5. The van der Waals surface area contributed by atoms with Crippen LogP contribution in [0.1, 0.15) is 59.7 Å². The van der Waals surface area contributed by atoms with E-state index in [0.717, 1.165) is 25.8 Å². The number of nitrogens with zero attached hydrogens (tertiary/aromatic N) is 3. The Balaban J connectivity index is 1.24. The molecule has 2 aromatic rings. The molecule has 2 aliphatic heterocycles. The third kappa shape index (κ3) is 4.73. The lowest BCUT2D eigenvalue weighted by Gasteiger charge is -2.40. The minimum Gasteiger partial charge on any atom is -0.339 e. The van der Waals surface area contributed by atoms with Crippen LogP contribution < -0.4 is 0 Å². The van der Waals surface area contributed by atoms with Crippen molar-refractivity contribution in [2.45, 2.75) is 51.5 Å². The van der Waals surface area contributed by atoms with Crippen LogP contribution in [0.3, 0.4) is 0 Å². The van der Waals surface area contributed by atoms with Crippen molar-refractivity contribution in [3.63, 3.8) is 0 Å². The van der Waals surface area contributed by atoms with E-state index in [0.29, 0.717) is 38.6 Å². The summed E-state index contributed by atoms with van der Waals surface area (Å²) in [6, 6.07) is 10.9. The fraction of sp³-hybridized carbons (Fsp3) is 0.556. The number of piperazine rings is 1. The van der Waals surface area contributed by atoms with E-state index < -0.39 is 0 Å². The Morgan fingerprint density at radius 3 is 2.39 bits per heavy atom. The maximum absolute atomic E-state index is 13.3. The van der Waals surface area contributed by atoms with Crippen molar-refractivity contribution >= 4 is 23.2 Å². The van der Waals surface area contributed by atoms with Crippen LogP contribution in [0, 0.1) is 12.8 Å². The zero-order valence-corrected chi connectivity index (χ0v) is 20.5. The number of carbonyl (C=O) groups excluding carboxylic acids is 2. The first kappa shape index (κ1) is 22.6. The summed E-state index contributed by atoms with van der Waals surface area (Å²) in [4.78, 5) is 34.0. The number of carbonyl (C=O) groups is 2. The van der Waals surface area contributed by atoms with Crippen LogP contribution in [0.5, 0.6) is 0 Å². The second-order valence-electron chi connectivity index (χ2n) is 9.82. The van der Waals surface area contributed by atoms with Gasteiger partial charge in [0.2, 0.25) is 11.8 Å². The van der Waals surface area contributed by atoms with E-state index in [4.69, 9.17) is 0 Å². The minimum atomic E-state index is 0.138. The van der Waals surface area contributed by atoms with Crippen molar-refractivity contribution in [3.8, 4) is 0 Å². The van der Waals surface area contributed by atoms with Crippen molar-refractivity contribution in [2.24, 2.45) is 5.92 Å². The molecular weight excluding hydrogens is 430 g/mol. The second kappa shape index (κ2) is 9.98. The molecule has 0 bridgehead atoms. The van der Waals surface area contributed by atoms with Crippen LogP contribution >= 0.6 is 11.3 Å². The first-order valence-corrected chi connectivity index (χ1v) is 13.4. The summed E-state index contributed by atoms with van der Waals surface area (Å²) in [5.74, 6) is 0.725. The second-order valence-corrected chi connectivity index (χ2v) is 10.8. The van der Waals surface area contributed by atoms with Crippen LogP contribution in [0.25, 0.3) is 0 Å². The Morgan fingerprint density at radius 2 is 1.64 bits per heavy atom. The van der Waals surface area contributed by atoms with Crippen molar-refractivity contribution in [2.75, 3.05) is 39.3 Å². The number of rotatable bonds is 4. The quantitative estimate of drug-likeness (QED) is 0.678. The molecule has 5 rings (SSSR count). The molecular formula is C27H35N3O2S. The lowest BCUT2D eigenvalue weighted by atomic mass is 9.88. The van der Waals surface area contributed by atoms with Gasteiger partial charge in [-0.15, -0.1) is 11.3 Å². The molecule has 1 unspecified atom stereocenters. The Hall–Kier alpha value is -2.18. The molecule has 3 heterocycles. The molecule has 1 saturated heterocycles. The number of benzene rings is 1. The van der Waals surface area contributed by atoms with E-state index in [9.17, 15) is 9.59 Å². The summed E-state index contributed by atoms with van der Waals surface area (Å²) in [6.45, 7) is 6.17. The standard InChI is InChI=1S/C27H35N3O2S/c1-20-7-5-6-10-22(20)26-23-12-18-33-24(23)11-13-30(26)19-25(31)28-14-16-29(17-15-28)27(32)21-8-3-2-4-9-21/h5-7,10,12,18,21,26H,2-4,8-9,11,13-17,19H2,1H3. The van der Waals surface area contributed by atoms with E-state index in [1.54, 1.807) is 0 Å². The van der Waals surface area contributed by atoms with Crippen molar-refractivity contribution in [1.82, 2.24) is 14.7 Å². The number of fused-ring (bicyclic) bond motifs is 1. The van der Waals surface area contributed by atoms with Gasteiger partial charge < -0.3 is 9.80 Å². The Kier molecular flexibility index (Phi) is 6.84. The van der Waals surface area contributed by atoms with Gasteiger partial charge in [0.05, 0.1) is 12.6 Å². The molecule has 0 radical (unpaired) electrons. The first-order chi connectivity index (χ1) is 16.1. The van der Waals surface area contributed by atoms with E-state index in [2.05, 4.69) is 47.5 Å². The van der Waals surface area contributed by atoms with Gasteiger partial charge in [-0.2, -0.15) is 0 Å². The highest BCUT2D eigenvalue weighted by Gasteiger charge is 2.34. The third-order valence-electron chi connectivity index (χ3n) is 7.79. The van der Waals surface area contributed by atoms with Gasteiger partial charge in [-0.05, 0) is 54.3 Å². The van der Waals surface area contributed by atoms with Gasteiger partial charge in [0, 0.05) is 43.5 Å². The van der Waals surface area contributed by atoms with Crippen LogP contribution in [-0.2, 0) is 16.0 Å². The van der Waals surface area contributed by atoms with Crippen molar-refractivity contribution in [3.05, 3.63) is 57.3 Å². The smallest absolute Gasteiger partial charge is 0.236 e. The highest BCUT2D eigenvalue weighted by molar-refractivity contribution is 7.10. The van der Waals surface area contributed by atoms with Crippen molar-refractivity contribution < 1.29 is 9.59 Å². The zero-order valence-electron chi connectivity index (χ0n) is 19.7. The summed E-state index contributed by atoms with van der Waals surface area (Å²) >= 11 is 1.83. The zero-order chi connectivity index (χ0) is 22.8. The molecule has 2 amide bonds. The van der Waals surface area contributed by atoms with Crippen molar-refractivity contribution in [1.29, 1.82) is 0 Å². The monoisotopic (exact) mass is 465 g/mol. The lowest BCUT2D eigenvalue weighted by Crippen LogP contribution is -2.54. The topological polar surface area (TPSA) is 43.9 Å². The maximum Gasteiger partial charge on any atom is 0.236 e. The van der Waals surface area contributed by atoms with Gasteiger partial charge in [-0.25, -0.2) is 0 Å². The molecule has 1 aromatic carbocycles. The predicted molar refractivity (Wildman–Crippen MR) is 132 cm³/mol. The highest BCUT2D eigenvalue weighted by Crippen LogP contribution is 2.38. The van der Waals surface area contributed by atoms with E-state index >= 15 is 0 Å². The van der Waals surface area contributed by atoms with Crippen LogP contribution in [0.2, 0.25) is 0 Å². The molecule has 6 heteroatoms. The van der Waals surface area contributed by atoms with Gasteiger partial charge in [-0.1, -0.05) is 43.5 Å². The van der Waals surface area contributed by atoms with Gasteiger partial charge in [0.1, 0.15) is 0 Å². The highest BCUT2D eigenvalue weighted by atomic mass is 32.1. The molecule has 33 heavy (non-hydrogen) atoms. The summed E-state index contributed by atoms with van der Waals surface area (Å²) in [7, 11) is 0. The maximum atomic E-state index is 13.3. The largest absolute Gasteiger partial charge is 0.339 e. The van der Waals surface area contributed by atoms with E-state index in [1.807, 2.05) is 21.1 Å². The Bertz CT molecular complexity index is 989. The molecule has 0 N–H and O–H groups in total. The van der Waals surface area contributed by atoms with E-state index in [-0.39, 0.29) is 17.9 Å². The normalized spacial score (nSPS) is 22.3. The molecule has 1 aliphatic carbocycles. The molecule has 1 saturated carbocycles. The third-order valence-corrected chi connectivity index (χ3v) is 8.78. The SMILES string of the molecule is Cc1ccccc1C1c2ccsc2CCN1CC(=O)N1CCN(C(=O)C2CCCCC2)CC1. The fourth-order valence-electron chi connectivity index (χ4n) is 5.85. The molecule has 1 atom stereocenters. The number of thiophene rings is 1. The summed E-state index contributed by atoms with van der Waals surface area (Å²) in [6.07, 6.45) is 6.71. The van der Waals surface area contributed by atoms with Gasteiger partial charge in [0.15, 0.2) is 0 Å². The van der Waals surface area contributed by atoms with Gasteiger partial charge in [-0.3, -0.25) is 14.5 Å². The molecule has 0 spiro atoms. The molecule has 5 nitrogen and oxygen atoms in total. The van der Waals surface area contributed by atoms with Crippen LogP contribution in [0.15, 0.2) is 35.7 Å². The van der Waals surface area contributed by atoms with Gasteiger partial charge in [0.25, 0.3) is 0 Å². The number of aryl methyl sites for hydroxylation is 1. The predicted octanol–water partition coefficient (Wildman–Crippen LogP) is 4.26. The number of hydrogen-bond acceptors (Lipinski definition) is 4. The summed E-state index contributed by atoms with van der Waals surface area (Å²) in [5.41, 5.74) is 3.93. The Morgan fingerprint density at radius 1 is 0.909 bits per heavy atom. The Labute approximate surface area is 201 Å². The number of hydrogen-bond donors (Lipinski definition) is 0. The molecule has 2 fully saturated rings. The molecule has 3 aliphatic rings. The number of amides is 2. The molecule has 1 aromatic heterocycles. The van der Waals surface area contributed by atoms with Crippen LogP contribution in [-0.4, -0.2) is 65.8 Å². The van der Waals surface area contributed by atoms with Crippen LogP contribution in [0.4, 0.5) is 0 Å².